The van der Waals surface area contributed by atoms with Crippen LogP contribution in [0.15, 0.2) is 22.7 Å². The quantitative estimate of drug-likeness (QED) is 0.878. The summed E-state index contributed by atoms with van der Waals surface area (Å²) in [6, 6.07) is 5.98. The number of benzene rings is 1. The largest absolute Gasteiger partial charge is 0.331 e. The van der Waals surface area contributed by atoms with E-state index in [1.54, 1.807) is 11.8 Å². The number of nitrogens with zero attached hydrogens (tertiary/aromatic N) is 1. The fourth-order valence-corrected chi connectivity index (χ4v) is 3.55. The first-order valence-electron chi connectivity index (χ1n) is 7.80. The monoisotopic (exact) mass is 366 g/mol. The first-order chi connectivity index (χ1) is 10.5. The van der Waals surface area contributed by atoms with Crippen LogP contribution in [0.25, 0.3) is 0 Å². The van der Waals surface area contributed by atoms with Crippen LogP contribution >= 0.6 is 15.9 Å². The molecule has 0 aromatic heterocycles. The molecule has 2 amide bonds. The van der Waals surface area contributed by atoms with E-state index in [9.17, 15) is 9.59 Å². The summed E-state index contributed by atoms with van der Waals surface area (Å²) < 4.78 is 0.855. The normalized spacial score (nSPS) is 15.4. The standard InChI is InChI=1S/C17H23BrN2O2/c1-12-8-9-16(15(18)10-12)19-17(22)11-20(13(2)21)14-6-4-3-5-7-14/h8-10,14H,3-7,11H2,1-2H3,(H,19,22). The van der Waals surface area contributed by atoms with Crippen LogP contribution < -0.4 is 5.32 Å². The molecule has 0 atom stereocenters. The molecule has 1 fully saturated rings. The van der Waals surface area contributed by atoms with Gasteiger partial charge in [0, 0.05) is 17.4 Å². The van der Waals surface area contributed by atoms with Crippen molar-refractivity contribution in [2.45, 2.75) is 52.0 Å². The Balaban J connectivity index is 2.00. The van der Waals surface area contributed by atoms with Gasteiger partial charge in [-0.25, -0.2) is 0 Å². The molecule has 1 saturated carbocycles. The number of rotatable bonds is 4. The van der Waals surface area contributed by atoms with Crippen LogP contribution in [0.3, 0.4) is 0 Å². The molecule has 0 saturated heterocycles. The summed E-state index contributed by atoms with van der Waals surface area (Å²) in [6.45, 7) is 3.67. The van der Waals surface area contributed by atoms with Crippen molar-refractivity contribution in [3.63, 3.8) is 0 Å². The van der Waals surface area contributed by atoms with E-state index in [4.69, 9.17) is 0 Å². The molecule has 0 unspecified atom stereocenters. The highest BCUT2D eigenvalue weighted by Crippen LogP contribution is 2.25. The summed E-state index contributed by atoms with van der Waals surface area (Å²) >= 11 is 3.45. The molecule has 22 heavy (non-hydrogen) atoms. The summed E-state index contributed by atoms with van der Waals surface area (Å²) in [5.41, 5.74) is 1.86. The minimum atomic E-state index is -0.148. The van der Waals surface area contributed by atoms with E-state index in [1.165, 1.54) is 6.42 Å². The Labute approximate surface area is 140 Å². The minimum Gasteiger partial charge on any atom is -0.331 e. The zero-order valence-corrected chi connectivity index (χ0v) is 14.8. The van der Waals surface area contributed by atoms with E-state index in [0.717, 1.165) is 41.4 Å². The molecule has 1 aliphatic carbocycles. The Bertz CT molecular complexity index is 554. The van der Waals surface area contributed by atoms with Gasteiger partial charge >= 0.3 is 0 Å². The molecule has 0 heterocycles. The van der Waals surface area contributed by atoms with E-state index in [0.29, 0.717) is 0 Å². The van der Waals surface area contributed by atoms with Crippen molar-refractivity contribution in [3.8, 4) is 0 Å². The lowest BCUT2D eigenvalue weighted by atomic mass is 9.94. The molecule has 1 aromatic carbocycles. The topological polar surface area (TPSA) is 49.4 Å². The van der Waals surface area contributed by atoms with Gasteiger partial charge in [-0.2, -0.15) is 0 Å². The zero-order chi connectivity index (χ0) is 16.1. The highest BCUT2D eigenvalue weighted by atomic mass is 79.9. The maximum absolute atomic E-state index is 12.3. The number of amides is 2. The second-order valence-electron chi connectivity index (χ2n) is 5.97. The minimum absolute atomic E-state index is 0.0231. The molecule has 0 bridgehead atoms. The van der Waals surface area contributed by atoms with Gasteiger partial charge in [-0.15, -0.1) is 0 Å². The number of aryl methyl sites for hydroxylation is 1. The van der Waals surface area contributed by atoms with Crippen molar-refractivity contribution in [3.05, 3.63) is 28.2 Å². The van der Waals surface area contributed by atoms with E-state index >= 15 is 0 Å². The summed E-state index contributed by atoms with van der Waals surface area (Å²) in [7, 11) is 0. The molecule has 5 heteroatoms. The van der Waals surface area contributed by atoms with Crippen molar-refractivity contribution < 1.29 is 9.59 Å². The molecule has 120 valence electrons. The van der Waals surface area contributed by atoms with Crippen LogP contribution in [-0.4, -0.2) is 29.3 Å². The van der Waals surface area contributed by atoms with E-state index < -0.39 is 0 Å². The molecule has 2 rings (SSSR count). The fourth-order valence-electron chi connectivity index (χ4n) is 2.96. The van der Waals surface area contributed by atoms with E-state index in [2.05, 4.69) is 21.2 Å². The third-order valence-corrected chi connectivity index (χ3v) is 4.79. The molecule has 0 radical (unpaired) electrons. The van der Waals surface area contributed by atoms with Crippen molar-refractivity contribution in [2.24, 2.45) is 0 Å². The number of nitrogens with one attached hydrogen (secondary N) is 1. The maximum Gasteiger partial charge on any atom is 0.244 e. The molecule has 0 aliphatic heterocycles. The van der Waals surface area contributed by atoms with Gasteiger partial charge in [0.2, 0.25) is 11.8 Å². The summed E-state index contributed by atoms with van der Waals surface area (Å²) in [5, 5.41) is 2.88. The third-order valence-electron chi connectivity index (χ3n) is 4.13. The van der Waals surface area contributed by atoms with Gasteiger partial charge in [-0.05, 0) is 53.4 Å². The molecule has 1 N–H and O–H groups in total. The second kappa shape index (κ2) is 7.77. The third kappa shape index (κ3) is 4.57. The summed E-state index contributed by atoms with van der Waals surface area (Å²) in [4.78, 5) is 25.9. The lowest BCUT2D eigenvalue weighted by molar-refractivity contribution is -0.135. The van der Waals surface area contributed by atoms with Gasteiger partial charge in [0.1, 0.15) is 6.54 Å². The second-order valence-corrected chi connectivity index (χ2v) is 6.82. The molecular weight excluding hydrogens is 344 g/mol. The number of halogens is 1. The lowest BCUT2D eigenvalue weighted by Crippen LogP contribution is -2.44. The molecule has 4 nitrogen and oxygen atoms in total. The maximum atomic E-state index is 12.3. The van der Waals surface area contributed by atoms with Crippen LogP contribution in [-0.2, 0) is 9.59 Å². The fraction of sp³-hybridized carbons (Fsp3) is 0.529. The van der Waals surface area contributed by atoms with Gasteiger partial charge in [0.15, 0.2) is 0 Å². The highest BCUT2D eigenvalue weighted by molar-refractivity contribution is 9.10. The van der Waals surface area contributed by atoms with Crippen LogP contribution in [0.1, 0.15) is 44.6 Å². The number of hydrogen-bond donors (Lipinski definition) is 1. The average molecular weight is 367 g/mol. The smallest absolute Gasteiger partial charge is 0.244 e. The highest BCUT2D eigenvalue weighted by Gasteiger charge is 2.25. The lowest BCUT2D eigenvalue weighted by Gasteiger charge is -2.33. The predicted octanol–water partition coefficient (Wildman–Crippen LogP) is 3.88. The Morgan fingerprint density at radius 2 is 1.95 bits per heavy atom. The average Bonchev–Trinajstić information content (AvgIpc) is 2.48. The van der Waals surface area contributed by atoms with Crippen molar-refractivity contribution in [2.75, 3.05) is 11.9 Å². The van der Waals surface area contributed by atoms with E-state index in [-0.39, 0.29) is 24.4 Å². The van der Waals surface area contributed by atoms with Crippen molar-refractivity contribution in [1.29, 1.82) is 0 Å². The Kier molecular flexibility index (Phi) is 6.00. The Morgan fingerprint density at radius 3 is 2.55 bits per heavy atom. The van der Waals surface area contributed by atoms with Gasteiger partial charge in [0.05, 0.1) is 5.69 Å². The van der Waals surface area contributed by atoms with Gasteiger partial charge in [-0.3, -0.25) is 9.59 Å². The first-order valence-corrected chi connectivity index (χ1v) is 8.60. The van der Waals surface area contributed by atoms with Crippen LogP contribution in [0.2, 0.25) is 0 Å². The van der Waals surface area contributed by atoms with Gasteiger partial charge in [0.25, 0.3) is 0 Å². The van der Waals surface area contributed by atoms with Gasteiger partial charge in [-0.1, -0.05) is 25.3 Å². The molecule has 0 spiro atoms. The number of hydrogen-bond acceptors (Lipinski definition) is 2. The first kappa shape index (κ1) is 17.0. The predicted molar refractivity (Wildman–Crippen MR) is 91.8 cm³/mol. The van der Waals surface area contributed by atoms with E-state index in [1.807, 2.05) is 25.1 Å². The Morgan fingerprint density at radius 1 is 1.27 bits per heavy atom. The van der Waals surface area contributed by atoms with Gasteiger partial charge < -0.3 is 10.2 Å². The summed E-state index contributed by atoms with van der Waals surface area (Å²) in [6.07, 6.45) is 5.51. The van der Waals surface area contributed by atoms with Crippen molar-refractivity contribution >= 4 is 33.4 Å². The summed E-state index contributed by atoms with van der Waals surface area (Å²) in [5.74, 6) is -0.171. The van der Waals surface area contributed by atoms with Crippen LogP contribution in [0.4, 0.5) is 5.69 Å². The SMILES string of the molecule is CC(=O)N(CC(=O)Nc1ccc(C)cc1Br)C1CCCCC1. The number of anilines is 1. The van der Waals surface area contributed by atoms with Crippen LogP contribution in [0, 0.1) is 6.92 Å². The molecule has 1 aliphatic rings. The Hall–Kier alpha value is -1.36. The molecular formula is C17H23BrN2O2. The van der Waals surface area contributed by atoms with Crippen molar-refractivity contribution in [1.82, 2.24) is 4.90 Å². The number of carbonyl (C=O) groups excluding carboxylic acids is 2. The zero-order valence-electron chi connectivity index (χ0n) is 13.2. The molecule has 1 aromatic rings. The van der Waals surface area contributed by atoms with Crippen LogP contribution in [0.5, 0.6) is 0 Å². The number of carbonyl (C=O) groups is 2.